The minimum atomic E-state index is -0.336. The highest BCUT2D eigenvalue weighted by Gasteiger charge is 2.58. The van der Waals surface area contributed by atoms with Crippen molar-refractivity contribution in [2.45, 2.75) is 57.1 Å². The number of hydrogen-bond acceptors (Lipinski definition) is 2. The molecular weight excluding hydrogens is 174 g/mol. The average Bonchev–Trinajstić information content (AvgIpc) is 1.98. The van der Waals surface area contributed by atoms with Crippen LogP contribution in [-0.2, 0) is 0 Å². The Morgan fingerprint density at radius 1 is 1.21 bits per heavy atom. The first kappa shape index (κ1) is 9.17. The molecule has 0 aromatic rings. The lowest BCUT2D eigenvalue weighted by Gasteiger charge is -2.61. The first-order valence-electron chi connectivity index (χ1n) is 5.99. The average molecular weight is 195 g/mol. The minimum Gasteiger partial charge on any atom is -0.390 e. The summed E-state index contributed by atoms with van der Waals surface area (Å²) in [6, 6.07) is 0.264. The molecule has 14 heavy (non-hydrogen) atoms. The molecule has 0 saturated heterocycles. The molecule has 4 aliphatic rings. The monoisotopic (exact) mass is 195 g/mol. The molecule has 0 aromatic carbocycles. The van der Waals surface area contributed by atoms with E-state index in [0.717, 1.165) is 31.1 Å². The Morgan fingerprint density at radius 3 is 2.21 bits per heavy atom. The number of nitrogens with two attached hydrogens (primary N) is 1. The molecule has 0 heterocycles. The Bertz CT molecular complexity index is 247. The third kappa shape index (κ3) is 1.10. The second-order valence-electron chi connectivity index (χ2n) is 6.34. The number of hydrogen-bond donors (Lipinski definition) is 2. The van der Waals surface area contributed by atoms with E-state index in [2.05, 4.69) is 6.92 Å². The quantitative estimate of drug-likeness (QED) is 0.668. The van der Waals surface area contributed by atoms with Gasteiger partial charge >= 0.3 is 0 Å². The fourth-order valence-electron chi connectivity index (χ4n) is 4.82. The normalized spacial score (nSPS) is 57.6. The van der Waals surface area contributed by atoms with Crippen molar-refractivity contribution >= 4 is 0 Å². The van der Waals surface area contributed by atoms with Gasteiger partial charge in [-0.15, -0.1) is 0 Å². The van der Waals surface area contributed by atoms with E-state index in [0.29, 0.717) is 5.41 Å². The van der Waals surface area contributed by atoms with Crippen molar-refractivity contribution in [3.63, 3.8) is 0 Å². The highest BCUT2D eigenvalue weighted by Crippen LogP contribution is 2.62. The van der Waals surface area contributed by atoms with Crippen LogP contribution in [0, 0.1) is 17.3 Å². The third-order valence-corrected chi connectivity index (χ3v) is 5.04. The molecule has 0 aliphatic heterocycles. The lowest BCUT2D eigenvalue weighted by Crippen LogP contribution is -2.60. The van der Waals surface area contributed by atoms with Gasteiger partial charge in [0.1, 0.15) is 0 Å². The van der Waals surface area contributed by atoms with Crippen molar-refractivity contribution in [3.05, 3.63) is 0 Å². The molecule has 0 spiro atoms. The predicted octanol–water partition coefficient (Wildman–Crippen LogP) is 1.66. The second kappa shape index (κ2) is 2.53. The van der Waals surface area contributed by atoms with Crippen LogP contribution in [0.15, 0.2) is 0 Å². The van der Waals surface area contributed by atoms with Crippen molar-refractivity contribution in [3.8, 4) is 0 Å². The van der Waals surface area contributed by atoms with Crippen molar-refractivity contribution in [2.24, 2.45) is 23.0 Å². The molecule has 4 aliphatic carbocycles. The van der Waals surface area contributed by atoms with Gasteiger partial charge in [0.05, 0.1) is 5.60 Å². The highest BCUT2D eigenvalue weighted by atomic mass is 16.3. The van der Waals surface area contributed by atoms with Crippen LogP contribution >= 0.6 is 0 Å². The van der Waals surface area contributed by atoms with Gasteiger partial charge in [0.2, 0.25) is 0 Å². The van der Waals surface area contributed by atoms with Gasteiger partial charge in [0.25, 0.3) is 0 Å². The first-order chi connectivity index (χ1) is 6.51. The van der Waals surface area contributed by atoms with E-state index in [1.807, 2.05) is 0 Å². The zero-order chi connectivity index (χ0) is 9.97. The van der Waals surface area contributed by atoms with Crippen LogP contribution < -0.4 is 5.73 Å². The fraction of sp³-hybridized carbons (Fsp3) is 1.00. The maximum Gasteiger partial charge on any atom is 0.0659 e. The maximum absolute atomic E-state index is 10.5. The summed E-state index contributed by atoms with van der Waals surface area (Å²) in [5.41, 5.74) is 6.09. The largest absolute Gasteiger partial charge is 0.390 e. The lowest BCUT2D eigenvalue weighted by molar-refractivity contribution is -0.168. The van der Waals surface area contributed by atoms with Crippen LogP contribution in [0.2, 0.25) is 0 Å². The van der Waals surface area contributed by atoms with Gasteiger partial charge in [-0.1, -0.05) is 0 Å². The van der Waals surface area contributed by atoms with Gasteiger partial charge in [-0.25, -0.2) is 0 Å². The van der Waals surface area contributed by atoms with E-state index < -0.39 is 0 Å². The Morgan fingerprint density at radius 2 is 1.79 bits per heavy atom. The summed E-state index contributed by atoms with van der Waals surface area (Å²) in [5, 5.41) is 10.5. The Kier molecular flexibility index (Phi) is 1.66. The predicted molar refractivity (Wildman–Crippen MR) is 55.7 cm³/mol. The summed E-state index contributed by atoms with van der Waals surface area (Å²) in [7, 11) is 0. The molecule has 0 radical (unpaired) electrons. The zero-order valence-electron chi connectivity index (χ0n) is 9.00. The van der Waals surface area contributed by atoms with Crippen LogP contribution in [0.3, 0.4) is 0 Å². The summed E-state index contributed by atoms with van der Waals surface area (Å²) in [5.74, 6) is 1.54. The van der Waals surface area contributed by atoms with E-state index in [-0.39, 0.29) is 11.6 Å². The molecular formula is C12H21NO. The topological polar surface area (TPSA) is 46.2 Å². The Labute approximate surface area is 85.9 Å². The van der Waals surface area contributed by atoms with Gasteiger partial charge in [-0.05, 0) is 62.7 Å². The van der Waals surface area contributed by atoms with E-state index in [4.69, 9.17) is 5.73 Å². The van der Waals surface area contributed by atoms with Gasteiger partial charge in [0, 0.05) is 6.04 Å². The second-order valence-corrected chi connectivity index (χ2v) is 6.34. The summed E-state index contributed by atoms with van der Waals surface area (Å²) >= 11 is 0. The maximum atomic E-state index is 10.5. The van der Waals surface area contributed by atoms with E-state index in [9.17, 15) is 5.11 Å². The fourth-order valence-corrected chi connectivity index (χ4v) is 4.82. The summed E-state index contributed by atoms with van der Waals surface area (Å²) in [6.45, 7) is 2.14. The standard InChI is InChI=1S/C12H21NO/c1-8(13)11-3-9-2-10(4-11)6-12(14,5-9)7-11/h8-10,14H,2-7,13H2,1H3/t8-,9-,10+,11?,12?/m1/s1. The Balaban J connectivity index is 1.96. The van der Waals surface area contributed by atoms with Gasteiger partial charge in [-0.3, -0.25) is 0 Å². The number of aliphatic hydroxyl groups is 1. The molecule has 2 unspecified atom stereocenters. The van der Waals surface area contributed by atoms with Gasteiger partial charge in [0.15, 0.2) is 0 Å². The van der Waals surface area contributed by atoms with Crippen molar-refractivity contribution < 1.29 is 5.11 Å². The van der Waals surface area contributed by atoms with Gasteiger partial charge in [-0.2, -0.15) is 0 Å². The van der Waals surface area contributed by atoms with E-state index >= 15 is 0 Å². The number of rotatable bonds is 1. The van der Waals surface area contributed by atoms with Crippen molar-refractivity contribution in [2.75, 3.05) is 0 Å². The van der Waals surface area contributed by atoms with E-state index in [1.54, 1.807) is 0 Å². The van der Waals surface area contributed by atoms with Crippen LogP contribution in [0.1, 0.15) is 45.4 Å². The molecule has 2 heteroatoms. The van der Waals surface area contributed by atoms with E-state index in [1.165, 1.54) is 19.3 Å². The first-order valence-corrected chi connectivity index (χ1v) is 5.99. The molecule has 4 fully saturated rings. The molecule has 80 valence electrons. The van der Waals surface area contributed by atoms with Crippen LogP contribution in [0.25, 0.3) is 0 Å². The molecule has 5 atom stereocenters. The summed E-state index contributed by atoms with van der Waals surface area (Å²) < 4.78 is 0. The third-order valence-electron chi connectivity index (χ3n) is 5.04. The smallest absolute Gasteiger partial charge is 0.0659 e. The molecule has 0 aromatic heterocycles. The minimum absolute atomic E-state index is 0.264. The molecule has 4 rings (SSSR count). The van der Waals surface area contributed by atoms with Crippen LogP contribution in [0.4, 0.5) is 0 Å². The van der Waals surface area contributed by atoms with Crippen LogP contribution in [0.5, 0.6) is 0 Å². The molecule has 2 nitrogen and oxygen atoms in total. The molecule has 3 N–H and O–H groups in total. The highest BCUT2D eigenvalue weighted by molar-refractivity contribution is 5.10. The SMILES string of the molecule is C[C@@H](N)C12C[C@@H]3C[C@@H](CC(O)(C3)C1)C2. The Hall–Kier alpha value is -0.0800. The molecule has 4 saturated carbocycles. The molecule has 0 amide bonds. The van der Waals surface area contributed by atoms with Crippen molar-refractivity contribution in [1.82, 2.24) is 0 Å². The summed E-state index contributed by atoms with van der Waals surface area (Å²) in [4.78, 5) is 0. The molecule has 4 bridgehead atoms. The van der Waals surface area contributed by atoms with Gasteiger partial charge < -0.3 is 10.8 Å². The summed E-state index contributed by atoms with van der Waals surface area (Å²) in [6.07, 6.45) is 7.00. The zero-order valence-corrected chi connectivity index (χ0v) is 9.00. The van der Waals surface area contributed by atoms with Crippen LogP contribution in [-0.4, -0.2) is 16.7 Å². The van der Waals surface area contributed by atoms with Crippen molar-refractivity contribution in [1.29, 1.82) is 0 Å². The lowest BCUT2D eigenvalue weighted by atomic mass is 9.46.